The number of nitrogens with one attached hydrogen (secondary N) is 1. The van der Waals surface area contributed by atoms with Crippen LogP contribution in [0.3, 0.4) is 0 Å². The summed E-state index contributed by atoms with van der Waals surface area (Å²) in [5.41, 5.74) is 1.00. The predicted octanol–water partition coefficient (Wildman–Crippen LogP) is 3.74. The van der Waals surface area contributed by atoms with Crippen molar-refractivity contribution in [2.24, 2.45) is 5.92 Å². The topological polar surface area (TPSA) is 38.3 Å². The van der Waals surface area contributed by atoms with E-state index in [0.29, 0.717) is 12.5 Å². The Kier molecular flexibility index (Phi) is 6.26. The smallest absolute Gasteiger partial charge is 0.407 e. The summed E-state index contributed by atoms with van der Waals surface area (Å²) in [4.78, 5) is 11.6. The lowest BCUT2D eigenvalue weighted by atomic mass is 10.0. The molecule has 3 heteroatoms. The fourth-order valence-electron chi connectivity index (χ4n) is 1.80. The van der Waals surface area contributed by atoms with E-state index in [1.807, 2.05) is 37.3 Å². The van der Waals surface area contributed by atoms with E-state index in [1.54, 1.807) is 0 Å². The lowest BCUT2D eigenvalue weighted by Crippen LogP contribution is -2.34. The maximum Gasteiger partial charge on any atom is 0.407 e. The van der Waals surface area contributed by atoms with E-state index in [0.717, 1.165) is 18.4 Å². The van der Waals surface area contributed by atoms with Crippen LogP contribution >= 0.6 is 0 Å². The molecule has 3 nitrogen and oxygen atoms in total. The number of amides is 1. The van der Waals surface area contributed by atoms with Gasteiger partial charge in [0.05, 0.1) is 0 Å². The van der Waals surface area contributed by atoms with Crippen LogP contribution < -0.4 is 5.32 Å². The van der Waals surface area contributed by atoms with Crippen LogP contribution in [0.5, 0.6) is 0 Å². The van der Waals surface area contributed by atoms with E-state index in [-0.39, 0.29) is 12.1 Å². The third kappa shape index (κ3) is 5.71. The molecule has 0 saturated heterocycles. The second kappa shape index (κ2) is 7.75. The first-order chi connectivity index (χ1) is 8.61. The Morgan fingerprint density at radius 2 is 1.94 bits per heavy atom. The summed E-state index contributed by atoms with van der Waals surface area (Å²) >= 11 is 0. The van der Waals surface area contributed by atoms with Crippen molar-refractivity contribution in [3.63, 3.8) is 0 Å². The van der Waals surface area contributed by atoms with Gasteiger partial charge < -0.3 is 10.1 Å². The Morgan fingerprint density at radius 3 is 2.56 bits per heavy atom. The van der Waals surface area contributed by atoms with Crippen LogP contribution in [-0.4, -0.2) is 12.1 Å². The van der Waals surface area contributed by atoms with Gasteiger partial charge in [-0.15, -0.1) is 0 Å². The van der Waals surface area contributed by atoms with E-state index in [9.17, 15) is 4.79 Å². The molecular formula is C15H23NO2. The van der Waals surface area contributed by atoms with Crippen LogP contribution in [0, 0.1) is 5.92 Å². The quantitative estimate of drug-likeness (QED) is 0.834. The summed E-state index contributed by atoms with van der Waals surface area (Å²) in [7, 11) is 0. The van der Waals surface area contributed by atoms with E-state index < -0.39 is 0 Å². The zero-order valence-electron chi connectivity index (χ0n) is 11.5. The number of carbonyl (C=O) groups excluding carboxylic acids is 1. The molecule has 1 rings (SSSR count). The number of alkyl carbamates (subject to hydrolysis) is 1. The lowest BCUT2D eigenvalue weighted by Gasteiger charge is -2.17. The maximum atomic E-state index is 11.6. The number of carbonyl (C=O) groups is 1. The largest absolute Gasteiger partial charge is 0.445 e. The molecule has 0 aliphatic carbocycles. The minimum Gasteiger partial charge on any atom is -0.445 e. The minimum absolute atomic E-state index is 0.156. The highest BCUT2D eigenvalue weighted by molar-refractivity contribution is 5.67. The molecule has 0 bridgehead atoms. The van der Waals surface area contributed by atoms with Crippen molar-refractivity contribution in [2.45, 2.75) is 46.3 Å². The van der Waals surface area contributed by atoms with Crippen LogP contribution in [0.15, 0.2) is 30.3 Å². The molecule has 0 aromatic heterocycles. The van der Waals surface area contributed by atoms with Gasteiger partial charge in [0.25, 0.3) is 0 Å². The molecule has 100 valence electrons. The highest BCUT2D eigenvalue weighted by Crippen LogP contribution is 2.09. The fourth-order valence-corrected chi connectivity index (χ4v) is 1.80. The second-order valence-corrected chi connectivity index (χ2v) is 4.86. The average molecular weight is 249 g/mol. The molecule has 18 heavy (non-hydrogen) atoms. The van der Waals surface area contributed by atoms with Crippen molar-refractivity contribution in [3.05, 3.63) is 35.9 Å². The third-order valence-electron chi connectivity index (χ3n) is 3.03. The molecule has 1 amide bonds. The number of ether oxygens (including phenoxy) is 1. The predicted molar refractivity (Wildman–Crippen MR) is 73.3 cm³/mol. The molecule has 0 fully saturated rings. The Hall–Kier alpha value is -1.51. The van der Waals surface area contributed by atoms with E-state index in [4.69, 9.17) is 4.74 Å². The molecule has 2 unspecified atom stereocenters. The van der Waals surface area contributed by atoms with Crippen molar-refractivity contribution in [2.75, 3.05) is 0 Å². The standard InChI is InChI=1S/C15H23NO2/c1-4-12(2)10-13(3)16-15(17)18-11-14-8-6-5-7-9-14/h5-9,12-13H,4,10-11H2,1-3H3,(H,16,17). The molecule has 0 heterocycles. The summed E-state index contributed by atoms with van der Waals surface area (Å²) < 4.78 is 5.16. The molecule has 0 saturated carbocycles. The van der Waals surface area contributed by atoms with Gasteiger partial charge in [-0.25, -0.2) is 4.79 Å². The SMILES string of the molecule is CCC(C)CC(C)NC(=O)OCc1ccccc1. The summed E-state index contributed by atoms with van der Waals surface area (Å²) in [5, 5.41) is 2.85. The maximum absolute atomic E-state index is 11.6. The minimum atomic E-state index is -0.338. The van der Waals surface area contributed by atoms with Gasteiger partial charge in [0.1, 0.15) is 6.61 Å². The van der Waals surface area contributed by atoms with E-state index in [1.165, 1.54) is 0 Å². The normalized spacial score (nSPS) is 13.7. The molecule has 1 N–H and O–H groups in total. The molecule has 0 aliphatic heterocycles. The van der Waals surface area contributed by atoms with Gasteiger partial charge >= 0.3 is 6.09 Å². The molecule has 0 spiro atoms. The van der Waals surface area contributed by atoms with Gasteiger partial charge in [0.15, 0.2) is 0 Å². The van der Waals surface area contributed by atoms with E-state index >= 15 is 0 Å². The monoisotopic (exact) mass is 249 g/mol. The first-order valence-electron chi connectivity index (χ1n) is 6.59. The Morgan fingerprint density at radius 1 is 1.28 bits per heavy atom. The summed E-state index contributed by atoms with van der Waals surface area (Å²) in [6.45, 7) is 6.68. The van der Waals surface area contributed by atoms with Gasteiger partial charge in [-0.3, -0.25) is 0 Å². The summed E-state index contributed by atoms with van der Waals surface area (Å²) in [5.74, 6) is 0.620. The Labute approximate surface area is 110 Å². The van der Waals surface area contributed by atoms with Crippen molar-refractivity contribution in [1.29, 1.82) is 0 Å². The fraction of sp³-hybridized carbons (Fsp3) is 0.533. The summed E-state index contributed by atoms with van der Waals surface area (Å²) in [6.07, 6.45) is 1.77. The van der Waals surface area contributed by atoms with Gasteiger partial charge in [0, 0.05) is 6.04 Å². The van der Waals surface area contributed by atoms with Crippen molar-refractivity contribution < 1.29 is 9.53 Å². The molecule has 0 radical (unpaired) electrons. The first kappa shape index (κ1) is 14.6. The Balaban J connectivity index is 2.25. The van der Waals surface area contributed by atoms with Crippen LogP contribution in [0.2, 0.25) is 0 Å². The van der Waals surface area contributed by atoms with Crippen molar-refractivity contribution in [1.82, 2.24) is 5.32 Å². The second-order valence-electron chi connectivity index (χ2n) is 4.86. The van der Waals surface area contributed by atoms with Crippen molar-refractivity contribution in [3.8, 4) is 0 Å². The van der Waals surface area contributed by atoms with Crippen LogP contribution in [0.4, 0.5) is 4.79 Å². The van der Waals surface area contributed by atoms with Gasteiger partial charge in [0.2, 0.25) is 0 Å². The van der Waals surface area contributed by atoms with Crippen LogP contribution in [0.1, 0.15) is 39.2 Å². The molecule has 1 aromatic carbocycles. The third-order valence-corrected chi connectivity index (χ3v) is 3.03. The van der Waals surface area contributed by atoms with Crippen LogP contribution in [-0.2, 0) is 11.3 Å². The summed E-state index contributed by atoms with van der Waals surface area (Å²) in [6, 6.07) is 9.84. The van der Waals surface area contributed by atoms with E-state index in [2.05, 4.69) is 19.2 Å². The van der Waals surface area contributed by atoms with Gasteiger partial charge in [-0.05, 0) is 24.8 Å². The molecule has 1 aromatic rings. The molecule has 2 atom stereocenters. The van der Waals surface area contributed by atoms with Gasteiger partial charge in [-0.1, -0.05) is 50.6 Å². The highest BCUT2D eigenvalue weighted by Gasteiger charge is 2.11. The number of benzene rings is 1. The highest BCUT2D eigenvalue weighted by atomic mass is 16.5. The first-order valence-corrected chi connectivity index (χ1v) is 6.59. The zero-order valence-corrected chi connectivity index (χ0v) is 11.5. The number of rotatable bonds is 6. The lowest BCUT2D eigenvalue weighted by molar-refractivity contribution is 0.135. The Bertz CT molecular complexity index is 351. The number of hydrogen-bond acceptors (Lipinski definition) is 2. The molecular weight excluding hydrogens is 226 g/mol. The van der Waals surface area contributed by atoms with Crippen molar-refractivity contribution >= 4 is 6.09 Å². The van der Waals surface area contributed by atoms with Crippen LogP contribution in [0.25, 0.3) is 0 Å². The molecule has 0 aliphatic rings. The van der Waals surface area contributed by atoms with Gasteiger partial charge in [-0.2, -0.15) is 0 Å². The zero-order chi connectivity index (χ0) is 13.4. The number of hydrogen-bond donors (Lipinski definition) is 1. The average Bonchev–Trinajstić information content (AvgIpc) is 2.37.